The van der Waals surface area contributed by atoms with Crippen LogP contribution in [0.15, 0.2) is 47.4 Å². The Labute approximate surface area is 202 Å². The van der Waals surface area contributed by atoms with Crippen molar-refractivity contribution in [3.8, 4) is 0 Å². The molecular formula is C26H33N3O4S. The lowest BCUT2D eigenvalue weighted by molar-refractivity contribution is -0.126. The van der Waals surface area contributed by atoms with Crippen LogP contribution in [0.1, 0.15) is 43.4 Å². The van der Waals surface area contributed by atoms with Crippen molar-refractivity contribution in [1.29, 1.82) is 0 Å². The van der Waals surface area contributed by atoms with Gasteiger partial charge in [0.15, 0.2) is 0 Å². The molecule has 0 aromatic heterocycles. The zero-order valence-corrected chi connectivity index (χ0v) is 21.1. The third kappa shape index (κ3) is 4.49. The minimum absolute atomic E-state index is 0.0580. The minimum Gasteiger partial charge on any atom is -0.355 e. The van der Waals surface area contributed by atoms with E-state index in [1.807, 2.05) is 20.8 Å². The Kier molecular flexibility index (Phi) is 6.57. The van der Waals surface area contributed by atoms with Crippen molar-refractivity contribution in [1.82, 2.24) is 9.62 Å². The van der Waals surface area contributed by atoms with Gasteiger partial charge in [0.2, 0.25) is 21.8 Å². The molecule has 0 spiro atoms. The first-order valence-corrected chi connectivity index (χ1v) is 13.2. The van der Waals surface area contributed by atoms with Gasteiger partial charge < -0.3 is 10.2 Å². The number of likely N-dealkylation sites (N-methyl/N-ethyl adjacent to an activating group) is 1. The molecule has 8 heteroatoms. The lowest BCUT2D eigenvalue weighted by Crippen LogP contribution is -2.45. The standard InChI is InChI=1S/C26H33N3O4S/c1-18-7-9-19(10-8-18)13-14-27-24(30)20-6-5-15-29(17-20)34(32,33)21-11-12-23-22(16-21)26(2,3)25(31)28(23)4/h7-12,16,20H,5-6,13-15,17H2,1-4H3,(H,27,30)/t20-/m0/s1. The van der Waals surface area contributed by atoms with Crippen LogP contribution in [0.4, 0.5) is 5.69 Å². The third-order valence-corrected chi connectivity index (χ3v) is 8.93. The molecule has 1 fully saturated rings. The third-order valence-electron chi connectivity index (χ3n) is 7.07. The summed E-state index contributed by atoms with van der Waals surface area (Å²) in [7, 11) is -2.07. The van der Waals surface area contributed by atoms with E-state index in [2.05, 4.69) is 29.6 Å². The molecule has 1 N–H and O–H groups in total. The van der Waals surface area contributed by atoms with Crippen LogP contribution in [-0.2, 0) is 31.4 Å². The number of amides is 2. The topological polar surface area (TPSA) is 86.8 Å². The van der Waals surface area contributed by atoms with Crippen molar-refractivity contribution in [2.75, 3.05) is 31.6 Å². The molecule has 2 amide bonds. The SMILES string of the molecule is Cc1ccc(CCNC(=O)[C@H]2CCCN(S(=O)(=O)c3ccc4c(c3)C(C)(C)C(=O)N4C)C2)cc1. The molecule has 2 aromatic rings. The number of sulfonamides is 1. The monoisotopic (exact) mass is 483 g/mol. The Morgan fingerprint density at radius 3 is 2.56 bits per heavy atom. The Hall–Kier alpha value is -2.71. The van der Waals surface area contributed by atoms with E-state index in [9.17, 15) is 18.0 Å². The van der Waals surface area contributed by atoms with Gasteiger partial charge in [-0.15, -0.1) is 0 Å². The number of hydrogen-bond acceptors (Lipinski definition) is 4. The van der Waals surface area contributed by atoms with E-state index in [4.69, 9.17) is 0 Å². The predicted octanol–water partition coefficient (Wildman–Crippen LogP) is 3.01. The van der Waals surface area contributed by atoms with Crippen molar-refractivity contribution >= 4 is 27.5 Å². The Bertz CT molecular complexity index is 1210. The summed E-state index contributed by atoms with van der Waals surface area (Å²) in [6.45, 7) is 6.73. The number of nitrogens with one attached hydrogen (secondary N) is 1. The van der Waals surface area contributed by atoms with E-state index in [1.165, 1.54) is 9.87 Å². The van der Waals surface area contributed by atoms with Crippen molar-refractivity contribution in [3.05, 3.63) is 59.2 Å². The molecule has 1 atom stereocenters. The number of nitrogens with zero attached hydrogens (tertiary/aromatic N) is 2. The summed E-state index contributed by atoms with van der Waals surface area (Å²) in [6.07, 6.45) is 2.03. The molecular weight excluding hydrogens is 450 g/mol. The molecule has 0 saturated carbocycles. The second-order valence-corrected chi connectivity index (χ2v) is 11.8. The normalized spacial score (nSPS) is 20.3. The lowest BCUT2D eigenvalue weighted by Gasteiger charge is -2.31. The summed E-state index contributed by atoms with van der Waals surface area (Å²) in [5, 5.41) is 2.98. The maximum absolute atomic E-state index is 13.5. The number of carbonyl (C=O) groups is 2. The van der Waals surface area contributed by atoms with Gasteiger partial charge in [-0.25, -0.2) is 8.42 Å². The number of piperidine rings is 1. The van der Waals surface area contributed by atoms with E-state index in [0.717, 1.165) is 17.7 Å². The fourth-order valence-electron chi connectivity index (χ4n) is 4.87. The first kappa shape index (κ1) is 24.4. The number of aryl methyl sites for hydroxylation is 1. The van der Waals surface area contributed by atoms with Gasteiger partial charge in [0.05, 0.1) is 16.2 Å². The minimum atomic E-state index is -3.78. The zero-order chi connectivity index (χ0) is 24.7. The summed E-state index contributed by atoms with van der Waals surface area (Å²) in [5.74, 6) is -0.535. The van der Waals surface area contributed by atoms with Crippen LogP contribution in [0.25, 0.3) is 0 Å². The van der Waals surface area contributed by atoms with Gasteiger partial charge in [-0.05, 0) is 69.4 Å². The highest BCUT2D eigenvalue weighted by Gasteiger charge is 2.43. The van der Waals surface area contributed by atoms with E-state index in [-0.39, 0.29) is 29.2 Å². The molecule has 0 bridgehead atoms. The molecule has 34 heavy (non-hydrogen) atoms. The van der Waals surface area contributed by atoms with E-state index >= 15 is 0 Å². The Morgan fingerprint density at radius 1 is 1.15 bits per heavy atom. The quantitative estimate of drug-likeness (QED) is 0.684. The van der Waals surface area contributed by atoms with Crippen LogP contribution in [0, 0.1) is 12.8 Å². The average Bonchev–Trinajstić information content (AvgIpc) is 3.00. The highest BCUT2D eigenvalue weighted by atomic mass is 32.2. The van der Waals surface area contributed by atoms with Crippen molar-refractivity contribution in [3.63, 3.8) is 0 Å². The molecule has 1 saturated heterocycles. The molecule has 7 nitrogen and oxygen atoms in total. The van der Waals surface area contributed by atoms with Crippen LogP contribution >= 0.6 is 0 Å². The van der Waals surface area contributed by atoms with Gasteiger partial charge in [-0.2, -0.15) is 4.31 Å². The molecule has 2 aliphatic heterocycles. The van der Waals surface area contributed by atoms with Crippen LogP contribution < -0.4 is 10.2 Å². The highest BCUT2D eigenvalue weighted by molar-refractivity contribution is 7.89. The largest absolute Gasteiger partial charge is 0.355 e. The maximum Gasteiger partial charge on any atom is 0.243 e. The highest BCUT2D eigenvalue weighted by Crippen LogP contribution is 2.42. The van der Waals surface area contributed by atoms with Crippen LogP contribution in [0.5, 0.6) is 0 Å². The number of benzene rings is 2. The molecule has 0 radical (unpaired) electrons. The van der Waals surface area contributed by atoms with E-state index in [0.29, 0.717) is 31.5 Å². The van der Waals surface area contributed by atoms with Gasteiger partial charge >= 0.3 is 0 Å². The number of carbonyl (C=O) groups excluding carboxylic acids is 2. The van der Waals surface area contributed by atoms with E-state index < -0.39 is 15.4 Å². The fraction of sp³-hybridized carbons (Fsp3) is 0.462. The number of rotatable bonds is 6. The molecule has 4 rings (SSSR count). The van der Waals surface area contributed by atoms with Gasteiger partial charge in [-0.1, -0.05) is 29.8 Å². The second kappa shape index (κ2) is 9.15. The van der Waals surface area contributed by atoms with E-state index in [1.54, 1.807) is 30.1 Å². The molecule has 2 heterocycles. The first-order valence-electron chi connectivity index (χ1n) is 11.8. The maximum atomic E-state index is 13.5. The summed E-state index contributed by atoms with van der Waals surface area (Å²) >= 11 is 0. The van der Waals surface area contributed by atoms with Gasteiger partial charge in [0.25, 0.3) is 0 Å². The summed E-state index contributed by atoms with van der Waals surface area (Å²) in [5.41, 5.74) is 3.02. The molecule has 0 unspecified atom stereocenters. The Balaban J connectivity index is 1.43. The lowest BCUT2D eigenvalue weighted by atomic mass is 9.86. The predicted molar refractivity (Wildman–Crippen MR) is 132 cm³/mol. The molecule has 182 valence electrons. The summed E-state index contributed by atoms with van der Waals surface area (Å²) in [6, 6.07) is 13.1. The van der Waals surface area contributed by atoms with Gasteiger partial charge in [0, 0.05) is 32.4 Å². The number of fused-ring (bicyclic) bond motifs is 1. The van der Waals surface area contributed by atoms with Gasteiger partial charge in [-0.3, -0.25) is 9.59 Å². The average molecular weight is 484 g/mol. The zero-order valence-electron chi connectivity index (χ0n) is 20.3. The van der Waals surface area contributed by atoms with Crippen molar-refractivity contribution < 1.29 is 18.0 Å². The van der Waals surface area contributed by atoms with Crippen molar-refractivity contribution in [2.24, 2.45) is 5.92 Å². The van der Waals surface area contributed by atoms with Gasteiger partial charge in [0.1, 0.15) is 0 Å². The molecule has 2 aromatic carbocycles. The Morgan fingerprint density at radius 2 is 1.85 bits per heavy atom. The van der Waals surface area contributed by atoms with Crippen LogP contribution in [0.3, 0.4) is 0 Å². The number of anilines is 1. The van der Waals surface area contributed by atoms with Crippen molar-refractivity contribution in [2.45, 2.75) is 50.3 Å². The first-order chi connectivity index (χ1) is 16.0. The van der Waals surface area contributed by atoms with Crippen LogP contribution in [-0.4, -0.2) is 51.2 Å². The smallest absolute Gasteiger partial charge is 0.243 e. The molecule has 2 aliphatic rings. The number of hydrogen-bond donors (Lipinski definition) is 1. The summed E-state index contributed by atoms with van der Waals surface area (Å²) < 4.78 is 28.3. The summed E-state index contributed by atoms with van der Waals surface area (Å²) in [4.78, 5) is 27.1. The second-order valence-electron chi connectivity index (χ2n) is 9.90. The fourth-order valence-corrected chi connectivity index (χ4v) is 6.42. The van der Waals surface area contributed by atoms with Crippen LogP contribution in [0.2, 0.25) is 0 Å². The molecule has 0 aliphatic carbocycles.